The standard InChI is InChI=1S/C19H27N5O2.2ClH/c1-20-18(15-11-21-23(2)13-15)19(26)22-16-5-3-4-14(10-16)12-24-8-6-17(25)7-9-24;;/h3-5,10-11,13,17-18,20,25H,6-9,12H2,1-2H3,(H,22,26);2*1H. The Morgan fingerprint density at radius 3 is 2.64 bits per heavy atom. The number of aryl methyl sites for hydroxylation is 1. The maximum atomic E-state index is 12.6. The third-order valence-corrected chi connectivity index (χ3v) is 4.77. The third kappa shape index (κ3) is 6.46. The van der Waals surface area contributed by atoms with Gasteiger partial charge in [-0.1, -0.05) is 12.1 Å². The Morgan fingerprint density at radius 1 is 1.32 bits per heavy atom. The molecule has 9 heteroatoms. The lowest BCUT2D eigenvalue weighted by atomic mass is 10.1. The van der Waals surface area contributed by atoms with Gasteiger partial charge in [-0.2, -0.15) is 5.10 Å². The molecule has 3 rings (SSSR count). The highest BCUT2D eigenvalue weighted by atomic mass is 35.5. The molecule has 7 nitrogen and oxygen atoms in total. The number of halogens is 2. The number of benzene rings is 1. The number of likely N-dealkylation sites (N-methyl/N-ethyl adjacent to an activating group) is 1. The number of nitrogens with zero attached hydrogens (tertiary/aromatic N) is 3. The molecule has 3 N–H and O–H groups in total. The van der Waals surface area contributed by atoms with E-state index in [1.54, 1.807) is 17.9 Å². The molecule has 0 radical (unpaired) electrons. The molecule has 1 fully saturated rings. The number of carbonyl (C=O) groups is 1. The Labute approximate surface area is 178 Å². The van der Waals surface area contributed by atoms with Gasteiger partial charge in [-0.25, -0.2) is 0 Å². The predicted molar refractivity (Wildman–Crippen MR) is 115 cm³/mol. The van der Waals surface area contributed by atoms with Crippen LogP contribution < -0.4 is 10.6 Å². The average molecular weight is 430 g/mol. The fourth-order valence-electron chi connectivity index (χ4n) is 3.34. The number of aliphatic hydroxyl groups is 1. The van der Waals surface area contributed by atoms with Gasteiger partial charge in [0.15, 0.2) is 0 Å². The number of aromatic nitrogens is 2. The molecule has 0 spiro atoms. The summed E-state index contributed by atoms with van der Waals surface area (Å²) in [5, 5.41) is 19.8. The molecular weight excluding hydrogens is 401 g/mol. The van der Waals surface area contributed by atoms with E-state index in [-0.39, 0.29) is 36.8 Å². The number of likely N-dealkylation sites (tertiary alicyclic amines) is 1. The van der Waals surface area contributed by atoms with Crippen molar-refractivity contribution in [2.24, 2.45) is 7.05 Å². The summed E-state index contributed by atoms with van der Waals surface area (Å²) in [5.41, 5.74) is 2.77. The summed E-state index contributed by atoms with van der Waals surface area (Å²) in [4.78, 5) is 15.0. The third-order valence-electron chi connectivity index (χ3n) is 4.77. The van der Waals surface area contributed by atoms with Crippen LogP contribution in [0.4, 0.5) is 5.69 Å². The molecule has 1 aliphatic heterocycles. The number of hydrogen-bond acceptors (Lipinski definition) is 5. The van der Waals surface area contributed by atoms with E-state index in [0.29, 0.717) is 0 Å². The highest BCUT2D eigenvalue weighted by molar-refractivity contribution is 5.95. The number of aliphatic hydroxyl groups excluding tert-OH is 1. The number of anilines is 1. The average Bonchev–Trinajstić information content (AvgIpc) is 3.04. The first-order valence-corrected chi connectivity index (χ1v) is 9.01. The van der Waals surface area contributed by atoms with E-state index < -0.39 is 6.04 Å². The number of amides is 1. The molecule has 1 aromatic heterocycles. The maximum Gasteiger partial charge on any atom is 0.246 e. The van der Waals surface area contributed by atoms with E-state index in [2.05, 4.69) is 26.7 Å². The smallest absolute Gasteiger partial charge is 0.246 e. The van der Waals surface area contributed by atoms with Crippen molar-refractivity contribution in [1.82, 2.24) is 20.0 Å². The molecule has 156 valence electrons. The molecular formula is C19H29Cl2N5O2. The zero-order valence-electron chi connectivity index (χ0n) is 16.2. The highest BCUT2D eigenvalue weighted by Crippen LogP contribution is 2.19. The van der Waals surface area contributed by atoms with Crippen LogP contribution in [0.15, 0.2) is 36.7 Å². The summed E-state index contributed by atoms with van der Waals surface area (Å²) in [6.45, 7) is 2.63. The van der Waals surface area contributed by atoms with Gasteiger partial charge >= 0.3 is 0 Å². The van der Waals surface area contributed by atoms with Crippen molar-refractivity contribution in [1.29, 1.82) is 0 Å². The molecule has 1 saturated heterocycles. The Bertz CT molecular complexity index is 747. The van der Waals surface area contributed by atoms with Gasteiger partial charge in [-0.15, -0.1) is 24.8 Å². The Balaban J connectivity index is 0.00000196. The molecule has 2 aromatic rings. The van der Waals surface area contributed by atoms with E-state index in [4.69, 9.17) is 0 Å². The molecule has 1 amide bonds. The van der Waals surface area contributed by atoms with Crippen LogP contribution in [0.25, 0.3) is 0 Å². The second-order valence-corrected chi connectivity index (χ2v) is 6.87. The number of rotatable bonds is 6. The van der Waals surface area contributed by atoms with E-state index in [9.17, 15) is 9.90 Å². The first-order valence-electron chi connectivity index (χ1n) is 9.01. The molecule has 2 heterocycles. The van der Waals surface area contributed by atoms with Crippen molar-refractivity contribution >= 4 is 36.4 Å². The Kier molecular flexibility index (Phi) is 9.92. The molecule has 0 aliphatic carbocycles. The first-order chi connectivity index (χ1) is 12.5. The molecule has 1 aromatic carbocycles. The lowest BCUT2D eigenvalue weighted by Gasteiger charge is -2.29. The molecule has 1 atom stereocenters. The Hall–Kier alpha value is -1.64. The van der Waals surface area contributed by atoms with E-state index in [0.717, 1.165) is 49.3 Å². The van der Waals surface area contributed by atoms with Crippen molar-refractivity contribution in [2.75, 3.05) is 25.5 Å². The van der Waals surface area contributed by atoms with Gasteiger partial charge in [0.05, 0.1) is 12.3 Å². The SMILES string of the molecule is CNC(C(=O)Nc1cccc(CN2CCC(O)CC2)c1)c1cnn(C)c1.Cl.Cl. The number of nitrogens with one attached hydrogen (secondary N) is 2. The van der Waals surface area contributed by atoms with Crippen molar-refractivity contribution < 1.29 is 9.90 Å². The van der Waals surface area contributed by atoms with Gasteiger partial charge in [0.2, 0.25) is 5.91 Å². The topological polar surface area (TPSA) is 82.4 Å². The van der Waals surface area contributed by atoms with Crippen molar-refractivity contribution in [3.8, 4) is 0 Å². The predicted octanol–water partition coefficient (Wildman–Crippen LogP) is 2.12. The van der Waals surface area contributed by atoms with Crippen molar-refractivity contribution in [2.45, 2.75) is 31.5 Å². The zero-order chi connectivity index (χ0) is 18.5. The van der Waals surface area contributed by atoms with Crippen LogP contribution in [0.5, 0.6) is 0 Å². The van der Waals surface area contributed by atoms with Gasteiger partial charge in [0, 0.05) is 44.1 Å². The molecule has 0 bridgehead atoms. The minimum Gasteiger partial charge on any atom is -0.393 e. The van der Waals surface area contributed by atoms with E-state index in [1.165, 1.54) is 0 Å². The molecule has 1 unspecified atom stereocenters. The van der Waals surface area contributed by atoms with Gasteiger partial charge in [-0.3, -0.25) is 14.4 Å². The minimum absolute atomic E-state index is 0. The van der Waals surface area contributed by atoms with Gasteiger partial charge in [0.1, 0.15) is 6.04 Å². The van der Waals surface area contributed by atoms with Crippen LogP contribution in [0, 0.1) is 0 Å². The lowest BCUT2D eigenvalue weighted by molar-refractivity contribution is -0.118. The summed E-state index contributed by atoms with van der Waals surface area (Å²) in [6.07, 6.45) is 5.02. The summed E-state index contributed by atoms with van der Waals surface area (Å²) in [7, 11) is 3.59. The lowest BCUT2D eigenvalue weighted by Crippen LogP contribution is -2.35. The number of carbonyl (C=O) groups excluding carboxylic acids is 1. The molecule has 0 saturated carbocycles. The summed E-state index contributed by atoms with van der Waals surface area (Å²) >= 11 is 0. The fraction of sp³-hybridized carbons (Fsp3) is 0.474. The van der Waals surface area contributed by atoms with E-state index >= 15 is 0 Å². The summed E-state index contributed by atoms with van der Waals surface area (Å²) in [5.74, 6) is -0.112. The van der Waals surface area contributed by atoms with Crippen LogP contribution in [0.1, 0.15) is 30.0 Å². The Morgan fingerprint density at radius 2 is 2.04 bits per heavy atom. The van der Waals surface area contributed by atoms with Crippen LogP contribution in [0.2, 0.25) is 0 Å². The summed E-state index contributed by atoms with van der Waals surface area (Å²) in [6, 6.07) is 7.49. The quantitative estimate of drug-likeness (QED) is 0.654. The zero-order valence-corrected chi connectivity index (χ0v) is 17.8. The minimum atomic E-state index is -0.448. The second kappa shape index (κ2) is 11.4. The van der Waals surface area contributed by atoms with Gasteiger partial charge in [0.25, 0.3) is 0 Å². The van der Waals surface area contributed by atoms with E-state index in [1.807, 2.05) is 31.4 Å². The van der Waals surface area contributed by atoms with Crippen LogP contribution in [-0.2, 0) is 18.4 Å². The normalized spacial score (nSPS) is 16.0. The first kappa shape index (κ1) is 24.4. The second-order valence-electron chi connectivity index (χ2n) is 6.87. The van der Waals surface area contributed by atoms with Crippen molar-refractivity contribution in [3.63, 3.8) is 0 Å². The monoisotopic (exact) mass is 429 g/mol. The van der Waals surface area contributed by atoms with Crippen LogP contribution in [-0.4, -0.2) is 51.9 Å². The summed E-state index contributed by atoms with van der Waals surface area (Å²) < 4.78 is 1.68. The van der Waals surface area contributed by atoms with Gasteiger partial charge in [-0.05, 0) is 37.6 Å². The largest absolute Gasteiger partial charge is 0.393 e. The maximum absolute atomic E-state index is 12.6. The van der Waals surface area contributed by atoms with Crippen LogP contribution >= 0.6 is 24.8 Å². The van der Waals surface area contributed by atoms with Gasteiger partial charge < -0.3 is 15.7 Å². The number of hydrogen-bond donors (Lipinski definition) is 3. The van der Waals surface area contributed by atoms with Crippen LogP contribution in [0.3, 0.4) is 0 Å². The fourth-order valence-corrected chi connectivity index (χ4v) is 3.34. The molecule has 1 aliphatic rings. The van der Waals surface area contributed by atoms with Crippen molar-refractivity contribution in [3.05, 3.63) is 47.8 Å². The highest BCUT2D eigenvalue weighted by Gasteiger charge is 2.21. The number of piperidine rings is 1. The molecule has 28 heavy (non-hydrogen) atoms.